The maximum Gasteiger partial charge on any atom is 0.260 e. The third-order valence-corrected chi connectivity index (χ3v) is 6.08. The van der Waals surface area contributed by atoms with Gasteiger partial charge in [-0.3, -0.25) is 14.8 Å². The molecule has 142 valence electrons. The first-order valence-corrected chi connectivity index (χ1v) is 10.2. The Balaban J connectivity index is 1.38. The van der Waals surface area contributed by atoms with Gasteiger partial charge in [-0.15, -0.1) is 11.3 Å². The van der Waals surface area contributed by atoms with Crippen LogP contribution in [0.5, 0.6) is 0 Å². The van der Waals surface area contributed by atoms with Crippen LogP contribution in [-0.4, -0.2) is 43.1 Å². The standard InChI is InChI=1S/C20H20N6OS/c1-12-21-18(25-24-12)14-7-8-26(9-14)10-16-22-19(27)17-15(11-28-20(17)23-16)13-5-3-2-4-6-13/h2-6,11,14H,7-10H2,1H3,(H,21,24,25)(H,22,23,27). The van der Waals surface area contributed by atoms with E-state index in [1.807, 2.05) is 42.6 Å². The molecule has 2 N–H and O–H groups in total. The molecule has 4 heterocycles. The minimum absolute atomic E-state index is 0.0690. The molecule has 0 saturated carbocycles. The third-order valence-electron chi connectivity index (χ3n) is 5.20. The van der Waals surface area contributed by atoms with Gasteiger partial charge in [-0.1, -0.05) is 30.3 Å². The van der Waals surface area contributed by atoms with E-state index >= 15 is 0 Å². The van der Waals surface area contributed by atoms with Crippen LogP contribution >= 0.6 is 11.3 Å². The highest BCUT2D eigenvalue weighted by molar-refractivity contribution is 7.17. The highest BCUT2D eigenvalue weighted by atomic mass is 32.1. The molecular formula is C20H20N6OS. The minimum atomic E-state index is -0.0690. The van der Waals surface area contributed by atoms with Crippen molar-refractivity contribution in [3.8, 4) is 11.1 Å². The van der Waals surface area contributed by atoms with Crippen molar-refractivity contribution in [2.75, 3.05) is 13.1 Å². The van der Waals surface area contributed by atoms with Crippen LogP contribution in [0.25, 0.3) is 21.3 Å². The fraction of sp³-hybridized carbons (Fsp3) is 0.300. The number of likely N-dealkylation sites (tertiary alicyclic amines) is 1. The molecule has 1 saturated heterocycles. The Kier molecular flexibility index (Phi) is 4.29. The third kappa shape index (κ3) is 3.14. The summed E-state index contributed by atoms with van der Waals surface area (Å²) in [6, 6.07) is 9.97. The highest BCUT2D eigenvalue weighted by Crippen LogP contribution is 2.31. The monoisotopic (exact) mass is 392 g/mol. The Morgan fingerprint density at radius 1 is 1.25 bits per heavy atom. The van der Waals surface area contributed by atoms with Crippen molar-refractivity contribution in [3.05, 3.63) is 63.5 Å². The van der Waals surface area contributed by atoms with E-state index in [0.29, 0.717) is 23.7 Å². The van der Waals surface area contributed by atoms with Gasteiger partial charge in [0.05, 0.1) is 11.9 Å². The second-order valence-electron chi connectivity index (χ2n) is 7.21. The molecule has 1 unspecified atom stereocenters. The molecule has 8 heteroatoms. The van der Waals surface area contributed by atoms with E-state index in [0.717, 1.165) is 47.1 Å². The van der Waals surface area contributed by atoms with Crippen molar-refractivity contribution in [2.24, 2.45) is 0 Å². The number of hydrogen-bond acceptors (Lipinski definition) is 6. The SMILES string of the molecule is Cc1nc(C2CCN(Cc3nc4scc(-c5ccccc5)c4c(=O)[nH]3)C2)n[nH]1. The summed E-state index contributed by atoms with van der Waals surface area (Å²) in [6.07, 6.45) is 1.01. The van der Waals surface area contributed by atoms with Crippen LogP contribution in [0.4, 0.5) is 0 Å². The van der Waals surface area contributed by atoms with Crippen molar-refractivity contribution in [1.82, 2.24) is 30.0 Å². The number of nitrogens with one attached hydrogen (secondary N) is 2. The van der Waals surface area contributed by atoms with E-state index < -0.39 is 0 Å². The van der Waals surface area contributed by atoms with E-state index in [2.05, 4.69) is 25.1 Å². The summed E-state index contributed by atoms with van der Waals surface area (Å²) < 4.78 is 0. The number of hydrogen-bond donors (Lipinski definition) is 2. The predicted octanol–water partition coefficient (Wildman–Crippen LogP) is 3.07. The lowest BCUT2D eigenvalue weighted by Crippen LogP contribution is -2.23. The number of rotatable bonds is 4. The number of benzene rings is 1. The maximum atomic E-state index is 12.8. The Labute approximate surface area is 165 Å². The Morgan fingerprint density at radius 2 is 2.11 bits per heavy atom. The lowest BCUT2D eigenvalue weighted by Gasteiger charge is -2.14. The first-order chi connectivity index (χ1) is 13.7. The van der Waals surface area contributed by atoms with Gasteiger partial charge in [-0.05, 0) is 25.5 Å². The van der Waals surface area contributed by atoms with Gasteiger partial charge in [0.1, 0.15) is 16.5 Å². The summed E-state index contributed by atoms with van der Waals surface area (Å²) in [7, 11) is 0. The second-order valence-corrected chi connectivity index (χ2v) is 8.07. The quantitative estimate of drug-likeness (QED) is 0.557. The van der Waals surface area contributed by atoms with Crippen LogP contribution in [0.3, 0.4) is 0 Å². The van der Waals surface area contributed by atoms with Crippen molar-refractivity contribution >= 4 is 21.6 Å². The molecule has 1 atom stereocenters. The molecule has 0 spiro atoms. The lowest BCUT2D eigenvalue weighted by molar-refractivity contribution is 0.317. The Hall–Kier alpha value is -2.84. The lowest BCUT2D eigenvalue weighted by atomic mass is 10.1. The number of thiophene rings is 1. The molecule has 1 fully saturated rings. The van der Waals surface area contributed by atoms with Gasteiger partial charge in [0.15, 0.2) is 5.82 Å². The van der Waals surface area contributed by atoms with Crippen molar-refractivity contribution in [3.63, 3.8) is 0 Å². The van der Waals surface area contributed by atoms with Crippen LogP contribution in [0.2, 0.25) is 0 Å². The van der Waals surface area contributed by atoms with Crippen LogP contribution < -0.4 is 5.56 Å². The molecule has 28 heavy (non-hydrogen) atoms. The Morgan fingerprint density at radius 3 is 2.89 bits per heavy atom. The van der Waals surface area contributed by atoms with E-state index in [-0.39, 0.29) is 5.56 Å². The number of nitrogens with zero attached hydrogens (tertiary/aromatic N) is 4. The zero-order valence-electron chi connectivity index (χ0n) is 15.5. The maximum absolute atomic E-state index is 12.8. The average molecular weight is 392 g/mol. The van der Waals surface area contributed by atoms with E-state index in [1.165, 1.54) is 11.3 Å². The number of H-pyrrole nitrogens is 2. The summed E-state index contributed by atoms with van der Waals surface area (Å²) in [5.41, 5.74) is 1.92. The molecule has 0 aliphatic carbocycles. The Bertz CT molecular complexity index is 1180. The summed E-state index contributed by atoms with van der Waals surface area (Å²) in [4.78, 5) is 28.1. The fourth-order valence-electron chi connectivity index (χ4n) is 3.84. The molecule has 0 bridgehead atoms. The van der Waals surface area contributed by atoms with E-state index in [4.69, 9.17) is 4.98 Å². The first kappa shape index (κ1) is 17.3. The van der Waals surface area contributed by atoms with Crippen molar-refractivity contribution < 1.29 is 0 Å². The molecule has 1 aromatic carbocycles. The smallest absolute Gasteiger partial charge is 0.260 e. The van der Waals surface area contributed by atoms with Gasteiger partial charge in [-0.2, -0.15) is 5.10 Å². The highest BCUT2D eigenvalue weighted by Gasteiger charge is 2.27. The summed E-state index contributed by atoms with van der Waals surface area (Å²) in [5, 5.41) is 9.90. The summed E-state index contributed by atoms with van der Waals surface area (Å²) >= 11 is 1.52. The minimum Gasteiger partial charge on any atom is -0.309 e. The van der Waals surface area contributed by atoms with Crippen LogP contribution in [-0.2, 0) is 6.54 Å². The summed E-state index contributed by atoms with van der Waals surface area (Å²) in [6.45, 7) is 4.36. The molecule has 4 aromatic rings. The molecule has 1 aliphatic heterocycles. The fourth-order valence-corrected chi connectivity index (χ4v) is 4.81. The topological polar surface area (TPSA) is 90.6 Å². The molecule has 0 radical (unpaired) electrons. The first-order valence-electron chi connectivity index (χ1n) is 9.34. The van der Waals surface area contributed by atoms with Gasteiger partial charge in [-0.25, -0.2) is 9.97 Å². The molecule has 0 amide bonds. The molecule has 5 rings (SSSR count). The van der Waals surface area contributed by atoms with Crippen molar-refractivity contribution in [2.45, 2.75) is 25.8 Å². The van der Waals surface area contributed by atoms with Gasteiger partial charge in [0.25, 0.3) is 5.56 Å². The largest absolute Gasteiger partial charge is 0.309 e. The van der Waals surface area contributed by atoms with E-state index in [9.17, 15) is 4.79 Å². The number of fused-ring (bicyclic) bond motifs is 1. The zero-order chi connectivity index (χ0) is 19.1. The molecule has 7 nitrogen and oxygen atoms in total. The number of aromatic nitrogens is 5. The normalized spacial score (nSPS) is 17.5. The average Bonchev–Trinajstić information content (AvgIpc) is 3.42. The number of aromatic amines is 2. The molecular weight excluding hydrogens is 372 g/mol. The van der Waals surface area contributed by atoms with E-state index in [1.54, 1.807) is 0 Å². The predicted molar refractivity (Wildman–Crippen MR) is 109 cm³/mol. The van der Waals surface area contributed by atoms with Gasteiger partial charge in [0.2, 0.25) is 0 Å². The van der Waals surface area contributed by atoms with Gasteiger partial charge in [0, 0.05) is 23.4 Å². The summed E-state index contributed by atoms with van der Waals surface area (Å²) in [5.74, 6) is 2.76. The van der Waals surface area contributed by atoms with Gasteiger partial charge >= 0.3 is 0 Å². The second kappa shape index (κ2) is 6.96. The molecule has 1 aliphatic rings. The van der Waals surface area contributed by atoms with Crippen LogP contribution in [0.1, 0.15) is 29.8 Å². The number of aryl methyl sites for hydroxylation is 1. The van der Waals surface area contributed by atoms with Gasteiger partial charge < -0.3 is 4.98 Å². The zero-order valence-corrected chi connectivity index (χ0v) is 16.3. The van der Waals surface area contributed by atoms with Crippen molar-refractivity contribution in [1.29, 1.82) is 0 Å². The van der Waals surface area contributed by atoms with Crippen LogP contribution in [0.15, 0.2) is 40.5 Å². The van der Waals surface area contributed by atoms with Crippen LogP contribution in [0, 0.1) is 6.92 Å². The molecule has 3 aromatic heterocycles.